The predicted octanol–water partition coefficient (Wildman–Crippen LogP) is 2.99. The molecule has 4 heteroatoms. The summed E-state index contributed by atoms with van der Waals surface area (Å²) in [6, 6.07) is 0. The van der Waals surface area contributed by atoms with E-state index in [4.69, 9.17) is 0 Å². The number of nitrogens with one attached hydrogen (secondary N) is 1. The molecular weight excluding hydrogens is 236 g/mol. The molecule has 4 nitrogen and oxygen atoms in total. The monoisotopic (exact) mass is 264 g/mol. The Bertz CT molecular complexity index is 357. The molecule has 1 N–H and O–H groups in total. The second-order valence-electron chi connectivity index (χ2n) is 5.92. The van der Waals surface area contributed by atoms with E-state index in [1.54, 1.807) is 0 Å². The summed E-state index contributed by atoms with van der Waals surface area (Å²) in [4.78, 5) is 0. The van der Waals surface area contributed by atoms with Gasteiger partial charge in [-0.25, -0.2) is 0 Å². The topological polar surface area (TPSA) is 42.7 Å². The Hall–Kier alpha value is -0.900. The van der Waals surface area contributed by atoms with E-state index < -0.39 is 0 Å². The second kappa shape index (κ2) is 7.63. The molecule has 0 saturated heterocycles. The molecule has 0 spiro atoms. The molecule has 0 radical (unpaired) electrons. The van der Waals surface area contributed by atoms with E-state index in [1.165, 1.54) is 38.5 Å². The van der Waals surface area contributed by atoms with E-state index in [0.29, 0.717) is 0 Å². The molecule has 0 bridgehead atoms. The van der Waals surface area contributed by atoms with Crippen LogP contribution in [-0.2, 0) is 13.1 Å². The highest BCUT2D eigenvalue weighted by Crippen LogP contribution is 2.27. The molecular formula is C15H28N4. The van der Waals surface area contributed by atoms with Gasteiger partial charge in [0.25, 0.3) is 0 Å². The number of rotatable bonds is 10. The van der Waals surface area contributed by atoms with Crippen LogP contribution < -0.4 is 5.32 Å². The molecule has 1 aliphatic carbocycles. The van der Waals surface area contributed by atoms with Crippen LogP contribution in [0.4, 0.5) is 0 Å². The molecule has 1 fully saturated rings. The second-order valence-corrected chi connectivity index (χ2v) is 5.92. The first-order valence-corrected chi connectivity index (χ1v) is 7.91. The summed E-state index contributed by atoms with van der Waals surface area (Å²) in [6.07, 6.45) is 10.0. The molecule has 0 amide bonds. The lowest BCUT2D eigenvalue weighted by Gasteiger charge is -2.13. The van der Waals surface area contributed by atoms with Gasteiger partial charge in [-0.1, -0.05) is 38.3 Å². The van der Waals surface area contributed by atoms with Crippen molar-refractivity contribution < 1.29 is 0 Å². The highest BCUT2D eigenvalue weighted by Gasteiger charge is 2.20. The van der Waals surface area contributed by atoms with Gasteiger partial charge in [0.05, 0.1) is 5.69 Å². The van der Waals surface area contributed by atoms with Crippen molar-refractivity contribution in [1.82, 2.24) is 20.3 Å². The predicted molar refractivity (Wildman–Crippen MR) is 77.8 cm³/mol. The molecule has 1 atom stereocenters. The van der Waals surface area contributed by atoms with Crippen molar-refractivity contribution in [2.75, 3.05) is 6.54 Å². The Labute approximate surface area is 117 Å². The maximum Gasteiger partial charge on any atom is 0.0964 e. The minimum atomic E-state index is 0.744. The van der Waals surface area contributed by atoms with Crippen LogP contribution in [0.5, 0.6) is 0 Å². The average molecular weight is 264 g/mol. The largest absolute Gasteiger partial charge is 0.311 e. The fourth-order valence-electron chi connectivity index (χ4n) is 2.42. The van der Waals surface area contributed by atoms with Gasteiger partial charge in [-0.05, 0) is 37.6 Å². The van der Waals surface area contributed by atoms with Crippen LogP contribution >= 0.6 is 0 Å². The van der Waals surface area contributed by atoms with Crippen molar-refractivity contribution >= 4 is 0 Å². The number of unbranched alkanes of at least 4 members (excludes halogenated alkanes) is 1. The third-order valence-corrected chi connectivity index (χ3v) is 4.01. The normalized spacial score (nSPS) is 16.7. The van der Waals surface area contributed by atoms with Crippen molar-refractivity contribution in [3.05, 3.63) is 11.9 Å². The van der Waals surface area contributed by atoms with E-state index in [2.05, 4.69) is 35.7 Å². The molecule has 1 unspecified atom stereocenters. The zero-order valence-electron chi connectivity index (χ0n) is 12.4. The SMILES string of the molecule is CCCCC(CC)Cn1cc(CNCC2CC2)nn1. The third kappa shape index (κ3) is 5.31. The van der Waals surface area contributed by atoms with Crippen LogP contribution in [0.1, 0.15) is 58.1 Å². The minimum Gasteiger partial charge on any atom is -0.311 e. The Kier molecular flexibility index (Phi) is 5.83. The van der Waals surface area contributed by atoms with E-state index in [1.807, 2.05) is 4.68 Å². The van der Waals surface area contributed by atoms with Crippen LogP contribution in [0, 0.1) is 11.8 Å². The van der Waals surface area contributed by atoms with Crippen LogP contribution in [0.15, 0.2) is 6.20 Å². The van der Waals surface area contributed by atoms with Gasteiger partial charge in [-0.2, -0.15) is 0 Å². The number of hydrogen-bond acceptors (Lipinski definition) is 3. The van der Waals surface area contributed by atoms with Gasteiger partial charge in [0, 0.05) is 19.3 Å². The molecule has 1 saturated carbocycles. The quantitative estimate of drug-likeness (QED) is 0.706. The Morgan fingerprint density at radius 2 is 2.26 bits per heavy atom. The smallest absolute Gasteiger partial charge is 0.0964 e. The highest BCUT2D eigenvalue weighted by molar-refractivity contribution is 4.92. The van der Waals surface area contributed by atoms with Crippen LogP contribution in [-0.4, -0.2) is 21.5 Å². The molecule has 1 aromatic heterocycles. The molecule has 19 heavy (non-hydrogen) atoms. The zero-order valence-corrected chi connectivity index (χ0v) is 12.4. The molecule has 1 aliphatic rings. The molecule has 0 aromatic carbocycles. The van der Waals surface area contributed by atoms with Gasteiger partial charge in [0.1, 0.15) is 0 Å². The lowest BCUT2D eigenvalue weighted by atomic mass is 9.99. The maximum absolute atomic E-state index is 4.25. The summed E-state index contributed by atoms with van der Waals surface area (Å²) < 4.78 is 2.03. The summed E-state index contributed by atoms with van der Waals surface area (Å²) in [5.74, 6) is 1.67. The summed E-state index contributed by atoms with van der Waals surface area (Å²) in [6.45, 7) is 7.55. The average Bonchev–Trinajstić information content (AvgIpc) is 3.14. The van der Waals surface area contributed by atoms with Crippen molar-refractivity contribution in [1.29, 1.82) is 0 Å². The van der Waals surface area contributed by atoms with Gasteiger partial charge >= 0.3 is 0 Å². The molecule has 2 rings (SSSR count). The molecule has 1 aromatic rings. The highest BCUT2D eigenvalue weighted by atomic mass is 15.4. The van der Waals surface area contributed by atoms with Gasteiger partial charge < -0.3 is 5.32 Å². The van der Waals surface area contributed by atoms with Gasteiger partial charge in [0.15, 0.2) is 0 Å². The number of hydrogen-bond donors (Lipinski definition) is 1. The van der Waals surface area contributed by atoms with Gasteiger partial charge in [-0.15, -0.1) is 5.10 Å². The molecule has 1 heterocycles. The summed E-state index contributed by atoms with van der Waals surface area (Å²) in [7, 11) is 0. The maximum atomic E-state index is 4.25. The molecule has 0 aliphatic heterocycles. The third-order valence-electron chi connectivity index (χ3n) is 4.01. The number of aromatic nitrogens is 3. The van der Waals surface area contributed by atoms with Crippen molar-refractivity contribution in [2.45, 2.75) is 65.5 Å². The lowest BCUT2D eigenvalue weighted by Crippen LogP contribution is -2.16. The van der Waals surface area contributed by atoms with Gasteiger partial charge in [-0.3, -0.25) is 4.68 Å². The standard InChI is InChI=1S/C15H28N4/c1-3-5-6-13(4-2)11-19-12-15(17-18-19)10-16-9-14-7-8-14/h12-14,16H,3-11H2,1-2H3. The fourth-order valence-corrected chi connectivity index (χ4v) is 2.42. The summed E-state index contributed by atoms with van der Waals surface area (Å²) >= 11 is 0. The van der Waals surface area contributed by atoms with E-state index >= 15 is 0 Å². The minimum absolute atomic E-state index is 0.744. The first kappa shape index (κ1) is 14.5. The molecule has 108 valence electrons. The van der Waals surface area contributed by atoms with E-state index in [-0.39, 0.29) is 0 Å². The van der Waals surface area contributed by atoms with Crippen LogP contribution in [0.3, 0.4) is 0 Å². The number of nitrogens with zero attached hydrogens (tertiary/aromatic N) is 3. The first-order valence-electron chi connectivity index (χ1n) is 7.91. The lowest BCUT2D eigenvalue weighted by molar-refractivity contribution is 0.368. The Morgan fingerprint density at radius 3 is 2.95 bits per heavy atom. The van der Waals surface area contributed by atoms with Crippen molar-refractivity contribution in [3.63, 3.8) is 0 Å². The first-order chi connectivity index (χ1) is 9.31. The van der Waals surface area contributed by atoms with Crippen molar-refractivity contribution in [2.24, 2.45) is 11.8 Å². The van der Waals surface area contributed by atoms with E-state index in [0.717, 1.165) is 37.2 Å². The Morgan fingerprint density at radius 1 is 1.42 bits per heavy atom. The summed E-state index contributed by atoms with van der Waals surface area (Å²) in [5, 5.41) is 12.0. The van der Waals surface area contributed by atoms with Gasteiger partial charge in [0.2, 0.25) is 0 Å². The van der Waals surface area contributed by atoms with Crippen LogP contribution in [0.2, 0.25) is 0 Å². The Balaban J connectivity index is 1.71. The van der Waals surface area contributed by atoms with Crippen molar-refractivity contribution in [3.8, 4) is 0 Å². The fraction of sp³-hybridized carbons (Fsp3) is 0.867. The van der Waals surface area contributed by atoms with E-state index in [9.17, 15) is 0 Å². The summed E-state index contributed by atoms with van der Waals surface area (Å²) in [5.41, 5.74) is 1.07. The zero-order chi connectivity index (χ0) is 13.5. The van der Waals surface area contributed by atoms with Crippen LogP contribution in [0.25, 0.3) is 0 Å².